The molecule has 2 rings (SSSR count). The number of carbonyl (C=O) groups is 2. The first-order chi connectivity index (χ1) is 8.63. The van der Waals surface area contributed by atoms with Crippen LogP contribution in [0, 0.1) is 0 Å². The Labute approximate surface area is 108 Å². The normalized spacial score (nSPS) is 15.4. The zero-order valence-electron chi connectivity index (χ0n) is 9.93. The van der Waals surface area contributed by atoms with Gasteiger partial charge in [0.1, 0.15) is 10.6 Å². The summed E-state index contributed by atoms with van der Waals surface area (Å²) in [6.07, 6.45) is 0. The molecule has 0 aliphatic carbocycles. The maximum atomic E-state index is 11.8. The molecular weight excluding hydrogens is 256 g/mol. The largest absolute Gasteiger partial charge is 0.462 e. The molecule has 7 nitrogen and oxygen atoms in total. The third kappa shape index (κ3) is 2.37. The highest BCUT2D eigenvalue weighted by Crippen LogP contribution is 2.31. The predicted molar refractivity (Wildman–Crippen MR) is 67.7 cm³/mol. The predicted octanol–water partition coefficient (Wildman–Crippen LogP) is -0.162. The molecule has 0 unspecified atom stereocenters. The first-order valence-corrected chi connectivity index (χ1v) is 6.34. The fraction of sp³-hybridized carbons (Fsp3) is 0.500. The minimum Gasteiger partial charge on any atom is -0.462 e. The van der Waals surface area contributed by atoms with E-state index in [0.29, 0.717) is 18.1 Å². The second kappa shape index (κ2) is 5.21. The van der Waals surface area contributed by atoms with Gasteiger partial charge in [0.05, 0.1) is 13.2 Å². The van der Waals surface area contributed by atoms with Gasteiger partial charge in [0.2, 0.25) is 5.91 Å². The second-order valence-corrected chi connectivity index (χ2v) is 4.49. The lowest BCUT2D eigenvalue weighted by molar-refractivity contribution is -0.120. The van der Waals surface area contributed by atoms with E-state index < -0.39 is 5.97 Å². The summed E-state index contributed by atoms with van der Waals surface area (Å²) in [5.41, 5.74) is 5.95. The lowest BCUT2D eigenvalue weighted by Gasteiger charge is -2.27. The molecule has 18 heavy (non-hydrogen) atoms. The Morgan fingerprint density at radius 3 is 3.11 bits per heavy atom. The molecular formula is C10H14N4O3S. The van der Waals surface area contributed by atoms with Crippen molar-refractivity contribution in [3.8, 4) is 0 Å². The van der Waals surface area contributed by atoms with Gasteiger partial charge in [0.25, 0.3) is 0 Å². The molecule has 1 amide bonds. The number of aromatic nitrogens is 1. The van der Waals surface area contributed by atoms with Crippen molar-refractivity contribution in [1.82, 2.24) is 9.69 Å². The number of carbonyl (C=O) groups excluding carboxylic acids is 2. The van der Waals surface area contributed by atoms with E-state index in [0.717, 1.165) is 11.5 Å². The van der Waals surface area contributed by atoms with Gasteiger partial charge < -0.3 is 20.7 Å². The van der Waals surface area contributed by atoms with Gasteiger partial charge in [-0.15, -0.1) is 0 Å². The molecule has 1 saturated heterocycles. The number of esters is 1. The number of rotatable bonds is 3. The number of hydrogen-bond acceptors (Lipinski definition) is 7. The van der Waals surface area contributed by atoms with E-state index in [9.17, 15) is 9.59 Å². The highest BCUT2D eigenvalue weighted by atomic mass is 32.1. The van der Waals surface area contributed by atoms with Crippen LogP contribution in [0.5, 0.6) is 0 Å². The summed E-state index contributed by atoms with van der Waals surface area (Å²) in [5.74, 6) is -0.424. The number of ether oxygens (including phenoxy) is 1. The molecule has 3 N–H and O–H groups in total. The van der Waals surface area contributed by atoms with Crippen molar-refractivity contribution in [3.05, 3.63) is 5.56 Å². The highest BCUT2D eigenvalue weighted by Gasteiger charge is 2.27. The van der Waals surface area contributed by atoms with Crippen LogP contribution >= 0.6 is 11.5 Å². The number of piperazine rings is 1. The van der Waals surface area contributed by atoms with Crippen LogP contribution in [-0.2, 0) is 9.53 Å². The number of nitrogen functional groups attached to an aromatic ring is 1. The summed E-state index contributed by atoms with van der Waals surface area (Å²) < 4.78 is 8.91. The Kier molecular flexibility index (Phi) is 3.66. The molecule has 1 aromatic rings. The van der Waals surface area contributed by atoms with Gasteiger partial charge in [-0.05, 0) is 18.5 Å². The standard InChI is InChI=1S/C10H14N4O3S/c1-2-17-10(16)7-8(11)13-18-9(7)14-4-3-12-6(15)5-14/h2-5H2,1H3,(H2,11,13)(H,12,15). The zero-order chi connectivity index (χ0) is 13.1. The second-order valence-electron chi connectivity index (χ2n) is 3.74. The van der Waals surface area contributed by atoms with E-state index in [1.165, 1.54) is 0 Å². The summed E-state index contributed by atoms with van der Waals surface area (Å²) in [4.78, 5) is 24.9. The topological polar surface area (TPSA) is 97.6 Å². The molecule has 0 atom stereocenters. The lowest BCUT2D eigenvalue weighted by Crippen LogP contribution is -2.47. The number of nitrogens with two attached hydrogens (primary N) is 1. The molecule has 1 aliphatic heterocycles. The van der Waals surface area contributed by atoms with Gasteiger partial charge in [-0.3, -0.25) is 4.79 Å². The maximum Gasteiger partial charge on any atom is 0.345 e. The summed E-state index contributed by atoms with van der Waals surface area (Å²) in [5, 5.41) is 3.32. The molecule has 1 fully saturated rings. The van der Waals surface area contributed by atoms with Gasteiger partial charge >= 0.3 is 5.97 Å². The zero-order valence-corrected chi connectivity index (χ0v) is 10.7. The van der Waals surface area contributed by atoms with Crippen molar-refractivity contribution < 1.29 is 14.3 Å². The number of nitrogens with one attached hydrogen (secondary N) is 1. The fourth-order valence-corrected chi connectivity index (χ4v) is 2.54. The molecule has 0 radical (unpaired) electrons. The molecule has 98 valence electrons. The van der Waals surface area contributed by atoms with Gasteiger partial charge in [-0.2, -0.15) is 4.37 Å². The van der Waals surface area contributed by atoms with Crippen molar-refractivity contribution in [2.75, 3.05) is 36.9 Å². The smallest absolute Gasteiger partial charge is 0.345 e. The molecule has 0 spiro atoms. The van der Waals surface area contributed by atoms with Crippen LogP contribution in [0.15, 0.2) is 0 Å². The number of anilines is 2. The first kappa shape index (κ1) is 12.6. The van der Waals surface area contributed by atoms with E-state index in [1.807, 2.05) is 0 Å². The van der Waals surface area contributed by atoms with Crippen molar-refractivity contribution in [3.63, 3.8) is 0 Å². The Balaban J connectivity index is 2.27. The molecule has 2 heterocycles. The third-order valence-corrected chi connectivity index (χ3v) is 3.43. The summed E-state index contributed by atoms with van der Waals surface area (Å²) in [7, 11) is 0. The Morgan fingerprint density at radius 1 is 1.67 bits per heavy atom. The van der Waals surface area contributed by atoms with E-state index in [2.05, 4.69) is 9.69 Å². The van der Waals surface area contributed by atoms with E-state index in [-0.39, 0.29) is 30.4 Å². The number of hydrogen-bond donors (Lipinski definition) is 2. The molecule has 0 aromatic carbocycles. The van der Waals surface area contributed by atoms with Crippen molar-refractivity contribution in [1.29, 1.82) is 0 Å². The average Bonchev–Trinajstić information content (AvgIpc) is 2.71. The van der Waals surface area contributed by atoms with Crippen LogP contribution in [0.3, 0.4) is 0 Å². The van der Waals surface area contributed by atoms with E-state index in [4.69, 9.17) is 10.5 Å². The molecule has 1 aliphatic rings. The van der Waals surface area contributed by atoms with Gasteiger partial charge in [0, 0.05) is 13.1 Å². The van der Waals surface area contributed by atoms with E-state index in [1.54, 1.807) is 11.8 Å². The van der Waals surface area contributed by atoms with Gasteiger partial charge in [-0.25, -0.2) is 4.79 Å². The third-order valence-electron chi connectivity index (χ3n) is 2.51. The minimum atomic E-state index is -0.496. The minimum absolute atomic E-state index is 0.0805. The summed E-state index contributed by atoms with van der Waals surface area (Å²) in [6, 6.07) is 0. The molecule has 0 saturated carbocycles. The Bertz CT molecular complexity index is 474. The first-order valence-electron chi connectivity index (χ1n) is 5.57. The van der Waals surface area contributed by atoms with Crippen LogP contribution in [0.25, 0.3) is 0 Å². The fourth-order valence-electron chi connectivity index (χ4n) is 1.72. The van der Waals surface area contributed by atoms with Crippen LogP contribution in [0.2, 0.25) is 0 Å². The molecule has 8 heteroatoms. The number of nitrogens with zero attached hydrogens (tertiary/aromatic N) is 2. The summed E-state index contributed by atoms with van der Waals surface area (Å²) in [6.45, 7) is 3.36. The highest BCUT2D eigenvalue weighted by molar-refractivity contribution is 7.11. The van der Waals surface area contributed by atoms with Crippen LogP contribution in [-0.4, -0.2) is 42.5 Å². The molecule has 1 aromatic heterocycles. The summed E-state index contributed by atoms with van der Waals surface area (Å²) >= 11 is 1.11. The van der Waals surface area contributed by atoms with Crippen LogP contribution in [0.1, 0.15) is 17.3 Å². The van der Waals surface area contributed by atoms with Crippen molar-refractivity contribution >= 4 is 34.2 Å². The van der Waals surface area contributed by atoms with Crippen LogP contribution in [0.4, 0.5) is 10.8 Å². The SMILES string of the molecule is CCOC(=O)c1c(N)nsc1N1CCNC(=O)C1. The van der Waals surface area contributed by atoms with E-state index >= 15 is 0 Å². The maximum absolute atomic E-state index is 11.8. The number of amides is 1. The Morgan fingerprint density at radius 2 is 2.44 bits per heavy atom. The van der Waals surface area contributed by atoms with Crippen molar-refractivity contribution in [2.45, 2.75) is 6.92 Å². The Hall–Kier alpha value is -1.83. The monoisotopic (exact) mass is 270 g/mol. The quantitative estimate of drug-likeness (QED) is 0.741. The van der Waals surface area contributed by atoms with Crippen LogP contribution < -0.4 is 16.0 Å². The average molecular weight is 270 g/mol. The lowest BCUT2D eigenvalue weighted by atomic mass is 10.2. The van der Waals surface area contributed by atoms with Crippen molar-refractivity contribution in [2.24, 2.45) is 0 Å². The van der Waals surface area contributed by atoms with Gasteiger partial charge in [0.15, 0.2) is 5.82 Å². The van der Waals surface area contributed by atoms with Gasteiger partial charge in [-0.1, -0.05) is 0 Å². The molecule has 0 bridgehead atoms.